The molecular formula is C28H42N6O2S2. The lowest BCUT2D eigenvalue weighted by Crippen LogP contribution is -2.27. The van der Waals surface area contributed by atoms with Crippen LogP contribution in [0, 0.1) is 0 Å². The largest absolute Gasteiger partial charge is 0.444 e. The molecule has 0 unspecified atom stereocenters. The summed E-state index contributed by atoms with van der Waals surface area (Å²) in [6.45, 7) is 12.6. The predicted octanol–water partition coefficient (Wildman–Crippen LogP) is 7.88. The van der Waals surface area contributed by atoms with Gasteiger partial charge >= 0.3 is 6.09 Å². The Bertz CT molecular complexity index is 1160. The Balaban J connectivity index is 0.000000436. The van der Waals surface area contributed by atoms with Gasteiger partial charge in [0.05, 0.1) is 16.1 Å². The molecule has 1 amide bonds. The maximum atomic E-state index is 10.0. The normalized spacial score (nSPS) is 14.2. The zero-order valence-corrected chi connectivity index (χ0v) is 25.0. The minimum atomic E-state index is -0.725. The minimum absolute atomic E-state index is 0.313. The van der Waals surface area contributed by atoms with Crippen LogP contribution in [0.5, 0.6) is 0 Å². The van der Waals surface area contributed by atoms with Gasteiger partial charge in [-0.3, -0.25) is 4.72 Å². The SMILES string of the molecule is CC(C)(C)OC(N)=O.CCNSc1cc(Nc2ccnn2C(C)C)ccc1-c1cnc(C2CCCCC2)s1. The molecule has 38 heavy (non-hydrogen) atoms. The Morgan fingerprint density at radius 3 is 2.58 bits per heavy atom. The van der Waals surface area contributed by atoms with Gasteiger partial charge in [-0.2, -0.15) is 5.10 Å². The van der Waals surface area contributed by atoms with E-state index in [1.807, 2.05) is 28.3 Å². The fourth-order valence-corrected chi connectivity index (χ4v) is 6.23. The van der Waals surface area contributed by atoms with Gasteiger partial charge < -0.3 is 15.8 Å². The molecule has 0 aliphatic heterocycles. The second-order valence-electron chi connectivity index (χ2n) is 10.6. The number of hydrogen-bond acceptors (Lipinski definition) is 8. The second kappa shape index (κ2) is 14.0. The lowest BCUT2D eigenvalue weighted by molar-refractivity contribution is 0.0600. The van der Waals surface area contributed by atoms with Gasteiger partial charge in [0, 0.05) is 46.9 Å². The number of anilines is 2. The number of nitrogens with zero attached hydrogens (tertiary/aromatic N) is 3. The zero-order chi connectivity index (χ0) is 27.7. The molecular weight excluding hydrogens is 516 g/mol. The summed E-state index contributed by atoms with van der Waals surface area (Å²) in [4.78, 5) is 17.3. The van der Waals surface area contributed by atoms with Crippen LogP contribution in [-0.2, 0) is 4.74 Å². The summed E-state index contributed by atoms with van der Waals surface area (Å²) in [5, 5.41) is 9.27. The second-order valence-corrected chi connectivity index (χ2v) is 12.6. The van der Waals surface area contributed by atoms with Crippen LogP contribution in [0.3, 0.4) is 0 Å². The molecule has 1 fully saturated rings. The fraction of sp³-hybridized carbons (Fsp3) is 0.536. The van der Waals surface area contributed by atoms with E-state index in [9.17, 15) is 4.79 Å². The average Bonchev–Trinajstić information content (AvgIpc) is 3.52. The van der Waals surface area contributed by atoms with Crippen molar-refractivity contribution < 1.29 is 9.53 Å². The van der Waals surface area contributed by atoms with Gasteiger partial charge in [-0.25, -0.2) is 14.5 Å². The van der Waals surface area contributed by atoms with E-state index in [-0.39, 0.29) is 0 Å². The van der Waals surface area contributed by atoms with Crippen molar-refractivity contribution in [3.05, 3.63) is 41.7 Å². The molecule has 1 aliphatic carbocycles. The molecule has 0 atom stereocenters. The molecule has 3 aromatic rings. The third-order valence-corrected chi connectivity index (χ3v) is 8.07. The van der Waals surface area contributed by atoms with Crippen molar-refractivity contribution in [2.45, 2.75) is 96.1 Å². The van der Waals surface area contributed by atoms with Gasteiger partial charge in [0.15, 0.2) is 0 Å². The maximum absolute atomic E-state index is 10.0. The number of amides is 1. The zero-order valence-electron chi connectivity index (χ0n) is 23.4. The summed E-state index contributed by atoms with van der Waals surface area (Å²) in [5.74, 6) is 1.66. The summed E-state index contributed by atoms with van der Waals surface area (Å²) in [6.07, 6.45) is 9.83. The first kappa shape index (κ1) is 30.0. The van der Waals surface area contributed by atoms with E-state index in [0.717, 1.165) is 18.1 Å². The van der Waals surface area contributed by atoms with Crippen molar-refractivity contribution in [2.75, 3.05) is 11.9 Å². The van der Waals surface area contributed by atoms with E-state index in [0.29, 0.717) is 12.0 Å². The number of carbonyl (C=O) groups is 1. The van der Waals surface area contributed by atoms with Crippen molar-refractivity contribution in [3.63, 3.8) is 0 Å². The molecule has 10 heteroatoms. The summed E-state index contributed by atoms with van der Waals surface area (Å²) in [6, 6.07) is 8.93. The summed E-state index contributed by atoms with van der Waals surface area (Å²) in [7, 11) is 0. The van der Waals surface area contributed by atoms with Crippen LogP contribution in [0.4, 0.5) is 16.3 Å². The Kier molecular flexibility index (Phi) is 11.1. The van der Waals surface area contributed by atoms with E-state index >= 15 is 0 Å². The number of nitrogens with one attached hydrogen (secondary N) is 2. The van der Waals surface area contributed by atoms with Crippen LogP contribution in [0.2, 0.25) is 0 Å². The molecule has 0 spiro atoms. The standard InChI is InChI=1S/C23H31N5S2.C5H11NO2/c1-4-26-30-20-14-18(27-22-12-13-25-28(22)16(2)3)10-11-19(20)21-15-24-23(29-21)17-8-6-5-7-9-17;1-5(2,3)8-4(6)7/h10-17,26-27H,4-9H2,1-3H3;1-3H3,(H2,6,7). The number of carbonyl (C=O) groups excluding carboxylic acids is 1. The molecule has 1 aromatic carbocycles. The molecule has 0 bridgehead atoms. The van der Waals surface area contributed by atoms with Crippen molar-refractivity contribution >= 4 is 40.9 Å². The summed E-state index contributed by atoms with van der Waals surface area (Å²) >= 11 is 3.56. The highest BCUT2D eigenvalue weighted by atomic mass is 32.2. The predicted molar refractivity (Wildman–Crippen MR) is 159 cm³/mol. The molecule has 1 saturated carbocycles. The van der Waals surface area contributed by atoms with Crippen molar-refractivity contribution in [3.8, 4) is 10.4 Å². The van der Waals surface area contributed by atoms with Crippen molar-refractivity contribution in [1.29, 1.82) is 0 Å². The van der Waals surface area contributed by atoms with Crippen LogP contribution < -0.4 is 15.8 Å². The number of primary amides is 1. The lowest BCUT2D eigenvalue weighted by Gasteiger charge is -2.18. The molecule has 4 rings (SSSR count). The highest BCUT2D eigenvalue weighted by Crippen LogP contribution is 2.40. The Morgan fingerprint density at radius 2 is 1.97 bits per heavy atom. The highest BCUT2D eigenvalue weighted by Gasteiger charge is 2.20. The first-order valence-electron chi connectivity index (χ1n) is 13.4. The van der Waals surface area contributed by atoms with Crippen LogP contribution in [0.25, 0.3) is 10.4 Å². The quantitative estimate of drug-likeness (QED) is 0.241. The molecule has 0 radical (unpaired) electrons. The first-order chi connectivity index (χ1) is 18.1. The van der Waals surface area contributed by atoms with E-state index < -0.39 is 11.7 Å². The number of thiazole rings is 1. The minimum Gasteiger partial charge on any atom is -0.444 e. The summed E-state index contributed by atoms with van der Waals surface area (Å²) < 4.78 is 10.00. The van der Waals surface area contributed by atoms with Crippen LogP contribution in [0.15, 0.2) is 41.6 Å². The summed E-state index contributed by atoms with van der Waals surface area (Å²) in [5.41, 5.74) is 6.59. The number of ether oxygens (including phenoxy) is 1. The van der Waals surface area contributed by atoms with Crippen molar-refractivity contribution in [2.24, 2.45) is 5.73 Å². The smallest absolute Gasteiger partial charge is 0.405 e. The van der Waals surface area contributed by atoms with Crippen molar-refractivity contribution in [1.82, 2.24) is 19.5 Å². The molecule has 0 saturated heterocycles. The van der Waals surface area contributed by atoms with Gasteiger partial charge in [-0.15, -0.1) is 11.3 Å². The molecule has 4 N–H and O–H groups in total. The number of rotatable bonds is 8. The molecule has 2 heterocycles. The maximum Gasteiger partial charge on any atom is 0.405 e. The van der Waals surface area contributed by atoms with Gasteiger partial charge in [-0.1, -0.05) is 32.3 Å². The van der Waals surface area contributed by atoms with Crippen LogP contribution in [-0.4, -0.2) is 33.0 Å². The Labute approximate surface area is 235 Å². The lowest BCUT2D eigenvalue weighted by atomic mass is 9.90. The van der Waals surface area contributed by atoms with E-state index in [1.54, 1.807) is 32.7 Å². The fourth-order valence-electron chi connectivity index (χ4n) is 4.26. The van der Waals surface area contributed by atoms with E-state index in [1.165, 1.54) is 52.4 Å². The molecule has 2 aromatic heterocycles. The van der Waals surface area contributed by atoms with Crippen LogP contribution in [0.1, 0.15) is 90.6 Å². The monoisotopic (exact) mass is 558 g/mol. The average molecular weight is 559 g/mol. The first-order valence-corrected chi connectivity index (χ1v) is 15.0. The number of nitrogens with two attached hydrogens (primary N) is 1. The van der Waals surface area contributed by atoms with Gasteiger partial charge in [0.2, 0.25) is 0 Å². The Hall–Kier alpha value is -2.56. The van der Waals surface area contributed by atoms with E-state index in [4.69, 9.17) is 10.7 Å². The molecule has 8 nitrogen and oxygen atoms in total. The Morgan fingerprint density at radius 1 is 1.24 bits per heavy atom. The van der Waals surface area contributed by atoms with E-state index in [2.05, 4.69) is 65.0 Å². The highest BCUT2D eigenvalue weighted by molar-refractivity contribution is 7.97. The van der Waals surface area contributed by atoms with Gasteiger partial charge in [-0.05, 0) is 71.5 Å². The van der Waals surface area contributed by atoms with Gasteiger partial charge in [0.1, 0.15) is 11.4 Å². The van der Waals surface area contributed by atoms with Crippen LogP contribution >= 0.6 is 23.3 Å². The third-order valence-electron chi connectivity index (χ3n) is 5.89. The number of benzene rings is 1. The topological polar surface area (TPSA) is 107 Å². The number of aromatic nitrogens is 3. The number of hydrogen-bond donors (Lipinski definition) is 3. The molecule has 208 valence electrons. The van der Waals surface area contributed by atoms with Gasteiger partial charge in [0.25, 0.3) is 0 Å². The third kappa shape index (κ3) is 9.03. The molecule has 1 aliphatic rings.